The standard InChI is InChI=1S/C16H22BrNO2S/c1-3-4-13(2)15-9-10-18(12-15)21(19,20)16-7-5-14(11-17)6-8-16/h5-8,15H,2-4,9-12H2,1H3. The molecule has 1 saturated heterocycles. The molecule has 1 fully saturated rings. The molecule has 1 aromatic rings. The summed E-state index contributed by atoms with van der Waals surface area (Å²) in [5, 5.41) is 0.732. The predicted molar refractivity (Wildman–Crippen MR) is 90.0 cm³/mol. The largest absolute Gasteiger partial charge is 0.243 e. The third-order valence-electron chi connectivity index (χ3n) is 4.01. The van der Waals surface area contributed by atoms with Crippen LogP contribution in [0.25, 0.3) is 0 Å². The van der Waals surface area contributed by atoms with E-state index in [0.29, 0.717) is 23.9 Å². The van der Waals surface area contributed by atoms with Gasteiger partial charge in [0.2, 0.25) is 10.0 Å². The molecule has 0 amide bonds. The Kier molecular flexibility index (Phi) is 5.63. The van der Waals surface area contributed by atoms with Crippen molar-refractivity contribution in [1.29, 1.82) is 0 Å². The Morgan fingerprint density at radius 2 is 2.05 bits per heavy atom. The van der Waals surface area contributed by atoms with E-state index in [1.807, 2.05) is 12.1 Å². The highest BCUT2D eigenvalue weighted by atomic mass is 79.9. The van der Waals surface area contributed by atoms with Crippen LogP contribution in [0.15, 0.2) is 41.3 Å². The van der Waals surface area contributed by atoms with Crippen molar-refractivity contribution in [2.45, 2.75) is 36.4 Å². The molecule has 116 valence electrons. The van der Waals surface area contributed by atoms with E-state index in [2.05, 4.69) is 29.4 Å². The van der Waals surface area contributed by atoms with Crippen molar-refractivity contribution in [3.63, 3.8) is 0 Å². The third kappa shape index (κ3) is 3.76. The van der Waals surface area contributed by atoms with Crippen molar-refractivity contribution in [2.75, 3.05) is 13.1 Å². The van der Waals surface area contributed by atoms with Crippen molar-refractivity contribution < 1.29 is 8.42 Å². The topological polar surface area (TPSA) is 37.4 Å². The Hall–Kier alpha value is -0.650. The highest BCUT2D eigenvalue weighted by molar-refractivity contribution is 9.08. The van der Waals surface area contributed by atoms with Crippen molar-refractivity contribution in [3.8, 4) is 0 Å². The molecule has 5 heteroatoms. The molecular weight excluding hydrogens is 350 g/mol. The number of hydrogen-bond donors (Lipinski definition) is 0. The molecule has 0 radical (unpaired) electrons. The molecule has 1 atom stereocenters. The summed E-state index contributed by atoms with van der Waals surface area (Å²) >= 11 is 3.37. The van der Waals surface area contributed by atoms with E-state index in [-0.39, 0.29) is 0 Å². The maximum absolute atomic E-state index is 12.6. The van der Waals surface area contributed by atoms with Crippen molar-refractivity contribution in [3.05, 3.63) is 42.0 Å². The number of benzene rings is 1. The summed E-state index contributed by atoms with van der Waals surface area (Å²) in [7, 11) is -3.37. The van der Waals surface area contributed by atoms with Gasteiger partial charge in [-0.15, -0.1) is 0 Å². The van der Waals surface area contributed by atoms with Gasteiger partial charge in [-0.05, 0) is 36.5 Å². The molecule has 21 heavy (non-hydrogen) atoms. The summed E-state index contributed by atoms with van der Waals surface area (Å²) in [6.07, 6.45) is 2.94. The second-order valence-corrected chi connectivity index (χ2v) is 8.03. The quantitative estimate of drug-likeness (QED) is 0.560. The third-order valence-corrected chi connectivity index (χ3v) is 6.54. The predicted octanol–water partition coefficient (Wildman–Crippen LogP) is 3.95. The second-order valence-electron chi connectivity index (χ2n) is 5.53. The lowest BCUT2D eigenvalue weighted by molar-refractivity contribution is 0.466. The second kappa shape index (κ2) is 7.07. The first-order valence-electron chi connectivity index (χ1n) is 7.31. The van der Waals surface area contributed by atoms with Crippen LogP contribution in [-0.2, 0) is 15.4 Å². The van der Waals surface area contributed by atoms with Crippen molar-refractivity contribution in [1.82, 2.24) is 4.31 Å². The highest BCUT2D eigenvalue weighted by Gasteiger charge is 2.33. The van der Waals surface area contributed by atoms with Crippen LogP contribution in [0.3, 0.4) is 0 Å². The van der Waals surface area contributed by atoms with E-state index in [4.69, 9.17) is 0 Å². The molecule has 0 saturated carbocycles. The SMILES string of the molecule is C=C(CCC)C1CCN(S(=O)(=O)c2ccc(CBr)cc2)C1. The van der Waals surface area contributed by atoms with Crippen molar-refractivity contribution >= 4 is 26.0 Å². The van der Waals surface area contributed by atoms with Gasteiger partial charge in [-0.1, -0.05) is 53.6 Å². The van der Waals surface area contributed by atoms with Gasteiger partial charge in [0.05, 0.1) is 4.90 Å². The van der Waals surface area contributed by atoms with Crippen LogP contribution in [-0.4, -0.2) is 25.8 Å². The molecule has 1 aliphatic rings. The fraction of sp³-hybridized carbons (Fsp3) is 0.500. The molecule has 1 aliphatic heterocycles. The van der Waals surface area contributed by atoms with Gasteiger partial charge in [0, 0.05) is 18.4 Å². The lowest BCUT2D eigenvalue weighted by Crippen LogP contribution is -2.29. The van der Waals surface area contributed by atoms with E-state index >= 15 is 0 Å². The first-order valence-corrected chi connectivity index (χ1v) is 9.88. The van der Waals surface area contributed by atoms with Gasteiger partial charge in [0.1, 0.15) is 0 Å². The number of sulfonamides is 1. The minimum atomic E-state index is -3.37. The number of rotatable bonds is 6. The van der Waals surface area contributed by atoms with E-state index in [1.54, 1.807) is 16.4 Å². The normalized spacial score (nSPS) is 19.8. The number of nitrogens with zero attached hydrogens (tertiary/aromatic N) is 1. The van der Waals surface area contributed by atoms with E-state index in [9.17, 15) is 8.42 Å². The van der Waals surface area contributed by atoms with E-state index in [0.717, 1.165) is 30.2 Å². The molecule has 0 spiro atoms. The Bertz CT molecular complexity index is 595. The molecule has 0 bridgehead atoms. The van der Waals surface area contributed by atoms with Gasteiger partial charge in [0.25, 0.3) is 0 Å². The molecule has 3 nitrogen and oxygen atoms in total. The summed E-state index contributed by atoms with van der Waals surface area (Å²) in [6.45, 7) is 7.40. The fourth-order valence-corrected chi connectivity index (χ4v) is 4.58. The molecule has 2 rings (SSSR count). The van der Waals surface area contributed by atoms with Crippen LogP contribution in [0.5, 0.6) is 0 Å². The Morgan fingerprint density at radius 3 is 2.62 bits per heavy atom. The van der Waals surface area contributed by atoms with Crippen LogP contribution < -0.4 is 0 Å². The average molecular weight is 372 g/mol. The lowest BCUT2D eigenvalue weighted by Gasteiger charge is -2.17. The summed E-state index contributed by atoms with van der Waals surface area (Å²) in [6, 6.07) is 7.09. The van der Waals surface area contributed by atoms with Gasteiger partial charge >= 0.3 is 0 Å². The molecule has 0 N–H and O–H groups in total. The number of hydrogen-bond acceptors (Lipinski definition) is 2. The van der Waals surface area contributed by atoms with Crippen LogP contribution in [0.1, 0.15) is 31.7 Å². The van der Waals surface area contributed by atoms with Crippen LogP contribution in [0.4, 0.5) is 0 Å². The average Bonchev–Trinajstić information content (AvgIpc) is 2.98. The zero-order chi connectivity index (χ0) is 15.5. The van der Waals surface area contributed by atoms with Gasteiger partial charge in [-0.3, -0.25) is 0 Å². The Morgan fingerprint density at radius 1 is 1.38 bits per heavy atom. The summed E-state index contributed by atoms with van der Waals surface area (Å²) < 4.78 is 26.9. The van der Waals surface area contributed by atoms with Gasteiger partial charge < -0.3 is 0 Å². The molecule has 1 aromatic carbocycles. The molecule has 0 aromatic heterocycles. The van der Waals surface area contributed by atoms with Gasteiger partial charge in [0.15, 0.2) is 0 Å². The molecule has 1 unspecified atom stereocenters. The molecule has 1 heterocycles. The summed E-state index contributed by atoms with van der Waals surface area (Å²) in [5.74, 6) is 0.307. The van der Waals surface area contributed by atoms with E-state index in [1.165, 1.54) is 5.57 Å². The summed E-state index contributed by atoms with van der Waals surface area (Å²) in [5.41, 5.74) is 2.26. The smallest absolute Gasteiger partial charge is 0.207 e. The molecule has 0 aliphatic carbocycles. The van der Waals surface area contributed by atoms with Crippen LogP contribution >= 0.6 is 15.9 Å². The van der Waals surface area contributed by atoms with Crippen molar-refractivity contribution in [2.24, 2.45) is 5.92 Å². The zero-order valence-corrected chi connectivity index (χ0v) is 14.8. The monoisotopic (exact) mass is 371 g/mol. The highest BCUT2D eigenvalue weighted by Crippen LogP contribution is 2.29. The lowest BCUT2D eigenvalue weighted by atomic mass is 9.96. The minimum Gasteiger partial charge on any atom is -0.207 e. The maximum atomic E-state index is 12.6. The fourth-order valence-electron chi connectivity index (χ4n) is 2.70. The number of alkyl halides is 1. The van der Waals surface area contributed by atoms with Crippen LogP contribution in [0.2, 0.25) is 0 Å². The zero-order valence-electron chi connectivity index (χ0n) is 12.4. The molecular formula is C16H22BrNO2S. The minimum absolute atomic E-state index is 0.307. The first-order chi connectivity index (χ1) is 9.98. The van der Waals surface area contributed by atoms with Crippen LogP contribution in [0, 0.1) is 5.92 Å². The summed E-state index contributed by atoms with van der Waals surface area (Å²) in [4.78, 5) is 0.383. The first kappa shape index (κ1) is 16.7. The van der Waals surface area contributed by atoms with E-state index < -0.39 is 10.0 Å². The maximum Gasteiger partial charge on any atom is 0.243 e. The Labute approximate surface area is 136 Å². The Balaban J connectivity index is 2.11. The van der Waals surface area contributed by atoms with Gasteiger partial charge in [-0.25, -0.2) is 8.42 Å². The number of halogens is 1. The van der Waals surface area contributed by atoms with Gasteiger partial charge in [-0.2, -0.15) is 4.31 Å².